The third-order valence-corrected chi connectivity index (χ3v) is 6.54. The number of allylic oxidation sites excluding steroid dienone is 3. The number of methoxy groups -OCH3 is 2. The monoisotopic (exact) mass is 456 g/mol. The molecule has 33 heavy (non-hydrogen) atoms. The second-order valence-corrected chi connectivity index (χ2v) is 8.58. The molecule has 3 rings (SSSR count). The smallest absolute Gasteiger partial charge is 0.166 e. The molecule has 0 N–H and O–H groups in total. The predicted octanol–water partition coefficient (Wildman–Crippen LogP) is 8.26. The lowest BCUT2D eigenvalue weighted by atomic mass is 9.76. The molecule has 0 aliphatic heterocycles. The molecule has 1 aliphatic carbocycles. The quantitative estimate of drug-likeness (QED) is 0.279. The molecule has 0 saturated heterocycles. The highest BCUT2D eigenvalue weighted by Crippen LogP contribution is 2.40. The van der Waals surface area contributed by atoms with Gasteiger partial charge in [0, 0.05) is 11.6 Å². The van der Waals surface area contributed by atoms with Gasteiger partial charge in [-0.15, -0.1) is 0 Å². The van der Waals surface area contributed by atoms with E-state index < -0.39 is 17.5 Å². The molecular formula is C28H31F3O2. The van der Waals surface area contributed by atoms with Crippen molar-refractivity contribution in [3.05, 3.63) is 90.0 Å². The Kier molecular flexibility index (Phi) is 8.43. The van der Waals surface area contributed by atoms with Crippen molar-refractivity contribution in [3.8, 4) is 16.9 Å². The van der Waals surface area contributed by atoms with E-state index in [0.717, 1.165) is 32.1 Å². The van der Waals surface area contributed by atoms with Gasteiger partial charge in [0.2, 0.25) is 0 Å². The van der Waals surface area contributed by atoms with Crippen LogP contribution in [0.3, 0.4) is 0 Å². The minimum absolute atomic E-state index is 0.00877. The molecule has 0 unspecified atom stereocenters. The van der Waals surface area contributed by atoms with Crippen LogP contribution in [0, 0.1) is 17.6 Å². The average molecular weight is 457 g/mol. The zero-order valence-electron chi connectivity index (χ0n) is 19.3. The Balaban J connectivity index is 1.59. The molecule has 2 nitrogen and oxygen atoms in total. The minimum Gasteiger partial charge on any atom is -0.497 e. The first-order chi connectivity index (χ1) is 15.8. The van der Waals surface area contributed by atoms with E-state index in [1.807, 2.05) is 0 Å². The van der Waals surface area contributed by atoms with Crippen molar-refractivity contribution in [1.82, 2.24) is 0 Å². The highest BCUT2D eigenvalue weighted by atomic mass is 19.2. The van der Waals surface area contributed by atoms with Crippen LogP contribution in [0.5, 0.6) is 5.75 Å². The highest BCUT2D eigenvalue weighted by Gasteiger charge is 2.26. The van der Waals surface area contributed by atoms with Crippen molar-refractivity contribution in [3.63, 3.8) is 0 Å². The number of rotatable bonds is 9. The molecule has 1 fully saturated rings. The summed E-state index contributed by atoms with van der Waals surface area (Å²) in [7, 11) is 3.00. The SMILES string of the molecule is C=C(/C=C(/F)C(=C)CCC1CCC(c2ccc(-c3ccc(OC)cc3)c(F)c2F)CC1)OC. The molecule has 0 aromatic heterocycles. The second-order valence-electron chi connectivity index (χ2n) is 8.58. The molecule has 0 amide bonds. The normalized spacial score (nSPS) is 18.6. The number of halogens is 3. The van der Waals surface area contributed by atoms with Crippen molar-refractivity contribution in [1.29, 1.82) is 0 Å². The van der Waals surface area contributed by atoms with E-state index in [1.165, 1.54) is 13.2 Å². The molecule has 0 radical (unpaired) electrons. The van der Waals surface area contributed by atoms with Crippen LogP contribution in [-0.4, -0.2) is 14.2 Å². The molecule has 0 spiro atoms. The Labute approximate surface area is 194 Å². The summed E-state index contributed by atoms with van der Waals surface area (Å²) in [4.78, 5) is 0. The van der Waals surface area contributed by atoms with Gasteiger partial charge in [-0.2, -0.15) is 0 Å². The van der Waals surface area contributed by atoms with E-state index in [0.29, 0.717) is 34.8 Å². The lowest BCUT2D eigenvalue weighted by Crippen LogP contribution is -2.15. The zero-order valence-corrected chi connectivity index (χ0v) is 19.3. The van der Waals surface area contributed by atoms with Gasteiger partial charge in [-0.25, -0.2) is 13.2 Å². The average Bonchev–Trinajstić information content (AvgIpc) is 2.84. The summed E-state index contributed by atoms with van der Waals surface area (Å²) < 4.78 is 53.9. The van der Waals surface area contributed by atoms with Gasteiger partial charge >= 0.3 is 0 Å². The summed E-state index contributed by atoms with van der Waals surface area (Å²) in [6.45, 7) is 7.40. The van der Waals surface area contributed by atoms with Crippen molar-refractivity contribution in [2.45, 2.75) is 44.4 Å². The predicted molar refractivity (Wildman–Crippen MR) is 127 cm³/mol. The molecule has 1 aliphatic rings. The molecule has 1 saturated carbocycles. The summed E-state index contributed by atoms with van der Waals surface area (Å²) in [5.41, 5.74) is 1.73. The van der Waals surface area contributed by atoms with E-state index in [2.05, 4.69) is 13.2 Å². The first-order valence-corrected chi connectivity index (χ1v) is 11.2. The number of benzene rings is 2. The molecule has 2 aromatic rings. The van der Waals surface area contributed by atoms with Gasteiger partial charge in [0.15, 0.2) is 11.6 Å². The topological polar surface area (TPSA) is 18.5 Å². The number of hydrogen-bond donors (Lipinski definition) is 0. The van der Waals surface area contributed by atoms with Crippen LogP contribution in [0.1, 0.15) is 50.0 Å². The molecule has 0 heterocycles. The molecule has 0 atom stereocenters. The summed E-state index contributed by atoms with van der Waals surface area (Å²) in [6.07, 6.45) is 5.98. The van der Waals surface area contributed by atoms with Crippen LogP contribution in [-0.2, 0) is 4.74 Å². The minimum atomic E-state index is -0.809. The van der Waals surface area contributed by atoms with Gasteiger partial charge < -0.3 is 9.47 Å². The van der Waals surface area contributed by atoms with E-state index in [1.54, 1.807) is 43.5 Å². The van der Waals surface area contributed by atoms with Gasteiger partial charge in [0.1, 0.15) is 17.3 Å². The van der Waals surface area contributed by atoms with E-state index in [4.69, 9.17) is 9.47 Å². The second kappa shape index (κ2) is 11.3. The Hall–Kier alpha value is -2.95. The summed E-state index contributed by atoms with van der Waals surface area (Å²) >= 11 is 0. The summed E-state index contributed by atoms with van der Waals surface area (Å²) in [5, 5.41) is 0. The van der Waals surface area contributed by atoms with Crippen LogP contribution in [0.4, 0.5) is 13.2 Å². The standard InChI is InChI=1S/C28H31F3O2/c1-18(26(29)17-19(2)32-3)5-6-20-7-9-21(10-8-20)24-15-16-25(28(31)27(24)30)22-11-13-23(33-4)14-12-22/h11-17,20-21H,1-2,5-10H2,3-4H3/b26-17+. The van der Waals surface area contributed by atoms with Gasteiger partial charge in [0.05, 0.1) is 14.2 Å². The molecule has 2 aromatic carbocycles. The third kappa shape index (κ3) is 6.10. The maximum atomic E-state index is 15.0. The molecular weight excluding hydrogens is 425 g/mol. The first-order valence-electron chi connectivity index (χ1n) is 11.2. The van der Waals surface area contributed by atoms with Gasteiger partial charge in [-0.05, 0) is 79.2 Å². The maximum absolute atomic E-state index is 15.0. The van der Waals surface area contributed by atoms with Crippen LogP contribution in [0.25, 0.3) is 11.1 Å². The summed E-state index contributed by atoms with van der Waals surface area (Å²) in [6, 6.07) is 10.3. The lowest BCUT2D eigenvalue weighted by Gasteiger charge is -2.29. The fourth-order valence-electron chi connectivity index (χ4n) is 4.44. The van der Waals surface area contributed by atoms with Gasteiger partial charge in [-0.3, -0.25) is 0 Å². The van der Waals surface area contributed by atoms with E-state index >= 15 is 0 Å². The summed E-state index contributed by atoms with van der Waals surface area (Å²) in [5.74, 6) is -0.655. The fraction of sp³-hybridized carbons (Fsp3) is 0.357. The van der Waals surface area contributed by atoms with E-state index in [9.17, 15) is 13.2 Å². The largest absolute Gasteiger partial charge is 0.497 e. The van der Waals surface area contributed by atoms with Crippen LogP contribution in [0.15, 0.2) is 72.8 Å². The Morgan fingerprint density at radius 1 is 0.970 bits per heavy atom. The van der Waals surface area contributed by atoms with Gasteiger partial charge in [-0.1, -0.05) is 37.4 Å². The Bertz CT molecular complexity index is 1020. The van der Waals surface area contributed by atoms with Crippen molar-refractivity contribution >= 4 is 0 Å². The van der Waals surface area contributed by atoms with Crippen LogP contribution in [0.2, 0.25) is 0 Å². The maximum Gasteiger partial charge on any atom is 0.166 e. The zero-order chi connectivity index (χ0) is 24.0. The van der Waals surface area contributed by atoms with Crippen molar-refractivity contribution < 1.29 is 22.6 Å². The van der Waals surface area contributed by atoms with E-state index in [-0.39, 0.29) is 17.2 Å². The fourth-order valence-corrected chi connectivity index (χ4v) is 4.44. The van der Waals surface area contributed by atoms with Crippen molar-refractivity contribution in [2.75, 3.05) is 14.2 Å². The van der Waals surface area contributed by atoms with Gasteiger partial charge in [0.25, 0.3) is 0 Å². The van der Waals surface area contributed by atoms with Crippen LogP contribution >= 0.6 is 0 Å². The third-order valence-electron chi connectivity index (χ3n) is 6.54. The van der Waals surface area contributed by atoms with Crippen molar-refractivity contribution in [2.24, 2.45) is 5.92 Å². The molecule has 0 bridgehead atoms. The Morgan fingerprint density at radius 2 is 1.64 bits per heavy atom. The first kappa shape index (κ1) is 24.7. The number of ether oxygens (including phenoxy) is 2. The number of hydrogen-bond acceptors (Lipinski definition) is 2. The Morgan fingerprint density at radius 3 is 2.24 bits per heavy atom. The van der Waals surface area contributed by atoms with Crippen LogP contribution < -0.4 is 4.74 Å². The molecule has 176 valence electrons. The highest BCUT2D eigenvalue weighted by molar-refractivity contribution is 5.65. The lowest BCUT2D eigenvalue weighted by molar-refractivity contribution is 0.303. The molecule has 5 heteroatoms.